The number of benzene rings is 15. The number of fused-ring (bicyclic) bond motifs is 16. The SMILES string of the molecule is CC(C)(C)c1ccc(N2c3cc(-n4c5ccccc5c5cc6c(cc54)c4ccccc4n6-c4ccccc4)ccc3B3c4ccc(-n5c6ccccc6c6cc7c(cc65)c5ccccc5n7-c5ccccc5)cc4N(c4ccc(C(C)(C)C)cc4-c4ccccc4)c4cc(C(C)(C)C)cc2c43)c(-c2ccccc2)c1. The van der Waals surface area contributed by atoms with Crippen molar-refractivity contribution in [3.05, 3.63) is 344 Å². The fraction of sp³-hybridized carbons (Fsp3) is 0.118. The largest absolute Gasteiger partial charge is 0.311 e. The van der Waals surface area contributed by atoms with Crippen LogP contribution in [0, 0.1) is 0 Å². The predicted octanol–water partition coefficient (Wildman–Crippen LogP) is 25.4. The Balaban J connectivity index is 0.879. The molecule has 0 fully saturated rings. The molecule has 522 valence electrons. The lowest BCUT2D eigenvalue weighted by atomic mass is 9.33. The summed E-state index contributed by atoms with van der Waals surface area (Å²) in [5, 5.41) is 9.72. The van der Waals surface area contributed by atoms with E-state index in [9.17, 15) is 0 Å². The molecule has 6 heterocycles. The normalized spacial score (nSPS) is 13.1. The van der Waals surface area contributed by atoms with E-state index in [1.54, 1.807) is 0 Å². The van der Waals surface area contributed by atoms with Crippen LogP contribution in [0.25, 0.3) is 132 Å². The zero-order valence-corrected chi connectivity index (χ0v) is 62.9. The molecule has 0 amide bonds. The van der Waals surface area contributed by atoms with Gasteiger partial charge in [0.25, 0.3) is 6.71 Å². The fourth-order valence-electron chi connectivity index (χ4n) is 18.4. The van der Waals surface area contributed by atoms with E-state index in [1.165, 1.54) is 132 Å². The Morgan fingerprint density at radius 1 is 0.211 bits per heavy atom. The number of nitrogens with zero attached hydrogens (tertiary/aromatic N) is 6. The summed E-state index contributed by atoms with van der Waals surface area (Å²) in [6.07, 6.45) is 0. The number of aromatic nitrogens is 4. The Morgan fingerprint density at radius 2 is 0.514 bits per heavy atom. The van der Waals surface area contributed by atoms with Gasteiger partial charge in [-0.1, -0.05) is 256 Å². The summed E-state index contributed by atoms with van der Waals surface area (Å²) in [7, 11) is 0. The summed E-state index contributed by atoms with van der Waals surface area (Å²) in [6.45, 7) is 21.0. The number of hydrogen-bond donors (Lipinski definition) is 0. The second-order valence-electron chi connectivity index (χ2n) is 33.3. The van der Waals surface area contributed by atoms with Crippen molar-refractivity contribution < 1.29 is 0 Å². The minimum absolute atomic E-state index is 0.128. The summed E-state index contributed by atoms with van der Waals surface area (Å²) >= 11 is 0. The summed E-state index contributed by atoms with van der Waals surface area (Å²) in [5.74, 6) is 0. The van der Waals surface area contributed by atoms with Crippen molar-refractivity contribution in [2.24, 2.45) is 0 Å². The Morgan fingerprint density at radius 3 is 0.844 bits per heavy atom. The molecule has 2 aliphatic heterocycles. The van der Waals surface area contributed by atoms with Gasteiger partial charge in [0.05, 0.1) is 55.5 Å². The van der Waals surface area contributed by atoms with Crippen molar-refractivity contribution >= 4 is 144 Å². The summed E-state index contributed by atoms with van der Waals surface area (Å²) < 4.78 is 10.0. The molecule has 15 aromatic carbocycles. The first-order chi connectivity index (χ1) is 53.0. The van der Waals surface area contributed by atoms with Crippen LogP contribution < -0.4 is 26.2 Å². The van der Waals surface area contributed by atoms with Crippen molar-refractivity contribution in [3.63, 3.8) is 0 Å². The van der Waals surface area contributed by atoms with Gasteiger partial charge in [0.1, 0.15) is 0 Å². The second kappa shape index (κ2) is 23.8. The molecular formula is C102H81BN6. The zero-order chi connectivity index (χ0) is 73.5. The van der Waals surface area contributed by atoms with Gasteiger partial charge in [-0.2, -0.15) is 0 Å². The quantitative estimate of drug-likeness (QED) is 0.142. The highest BCUT2D eigenvalue weighted by molar-refractivity contribution is 7.00. The molecule has 109 heavy (non-hydrogen) atoms. The maximum atomic E-state index is 2.68. The van der Waals surface area contributed by atoms with E-state index < -0.39 is 0 Å². The lowest BCUT2D eigenvalue weighted by molar-refractivity contribution is 0.590. The highest BCUT2D eigenvalue weighted by Crippen LogP contribution is 2.53. The fourth-order valence-corrected chi connectivity index (χ4v) is 18.4. The minimum Gasteiger partial charge on any atom is -0.311 e. The van der Waals surface area contributed by atoms with E-state index in [0.717, 1.165) is 67.6 Å². The number of anilines is 6. The van der Waals surface area contributed by atoms with E-state index in [1.807, 2.05) is 0 Å². The Labute approximate surface area is 636 Å². The van der Waals surface area contributed by atoms with Gasteiger partial charge in [0, 0.05) is 99.7 Å². The maximum absolute atomic E-state index is 2.68. The van der Waals surface area contributed by atoms with Crippen LogP contribution in [0.1, 0.15) is 79.0 Å². The Hall–Kier alpha value is -12.8. The third-order valence-corrected chi connectivity index (χ3v) is 23.8. The molecule has 0 saturated carbocycles. The molecule has 4 aromatic heterocycles. The van der Waals surface area contributed by atoms with E-state index >= 15 is 0 Å². The Bertz CT molecular complexity index is 6560. The second-order valence-corrected chi connectivity index (χ2v) is 33.3. The van der Waals surface area contributed by atoms with Crippen LogP contribution >= 0.6 is 0 Å². The number of rotatable bonds is 8. The van der Waals surface area contributed by atoms with Gasteiger partial charge in [-0.25, -0.2) is 0 Å². The summed E-state index contributed by atoms with van der Waals surface area (Å²) in [6, 6.07) is 125. The van der Waals surface area contributed by atoms with Crippen LogP contribution in [0.4, 0.5) is 34.1 Å². The molecule has 0 unspecified atom stereocenters. The van der Waals surface area contributed by atoms with Gasteiger partial charge in [-0.3, -0.25) is 0 Å². The molecule has 2 aliphatic rings. The Kier molecular flexibility index (Phi) is 14.1. The highest BCUT2D eigenvalue weighted by Gasteiger charge is 2.46. The van der Waals surface area contributed by atoms with E-state index in [-0.39, 0.29) is 23.0 Å². The van der Waals surface area contributed by atoms with Gasteiger partial charge in [-0.05, 0) is 194 Å². The van der Waals surface area contributed by atoms with Crippen LogP contribution in [0.2, 0.25) is 0 Å². The topological polar surface area (TPSA) is 26.2 Å². The first-order valence-corrected chi connectivity index (χ1v) is 38.5. The van der Waals surface area contributed by atoms with Crippen LogP contribution in [0.15, 0.2) is 328 Å². The van der Waals surface area contributed by atoms with Gasteiger partial charge in [0.15, 0.2) is 0 Å². The van der Waals surface area contributed by atoms with Crippen molar-refractivity contribution in [1.82, 2.24) is 18.3 Å². The van der Waals surface area contributed by atoms with Gasteiger partial charge in [-0.15, -0.1) is 0 Å². The molecule has 0 spiro atoms. The molecule has 19 aromatic rings. The van der Waals surface area contributed by atoms with Gasteiger partial charge >= 0.3 is 0 Å². The molecular weight excluding hydrogens is 1320 g/mol. The zero-order valence-electron chi connectivity index (χ0n) is 62.9. The van der Waals surface area contributed by atoms with Crippen molar-refractivity contribution in [3.8, 4) is 45.0 Å². The standard InChI is InChI=1S/C102H81BN6/c1-100(2,3)66-46-52-89(77(54-66)64-30-14-10-15-31-64)108-95-58-71(106-87-44-28-24-40-75(87)81-60-91-79(62-93(81)106)73-38-22-26-42-85(73)104(91)69-34-18-12-19-35-69)48-50-83(95)103-84-51-49-72(107-88-45-29-25-41-76(88)82-61-92-80(63-94(82)107)74-39-23-27-43-86(74)105(92)70-36-20-13-21-37-70)59-96(84)109(98-57-68(102(7,8)9)56-97(108)99(98)103)90-53-47-67(101(4,5)6)55-78(90)65-32-16-11-17-33-65/h10-63H,1-9H3. The lowest BCUT2D eigenvalue weighted by Crippen LogP contribution is -2.61. The van der Waals surface area contributed by atoms with Crippen molar-refractivity contribution in [2.45, 2.75) is 78.6 Å². The molecule has 7 heteroatoms. The molecule has 21 rings (SSSR count). The van der Waals surface area contributed by atoms with Crippen molar-refractivity contribution in [2.75, 3.05) is 9.80 Å². The highest BCUT2D eigenvalue weighted by atomic mass is 15.2. The third kappa shape index (κ3) is 9.88. The molecule has 0 atom stereocenters. The first kappa shape index (κ1) is 64.5. The first-order valence-electron chi connectivity index (χ1n) is 38.5. The molecule has 0 saturated heterocycles. The molecule has 6 nitrogen and oxygen atoms in total. The van der Waals surface area contributed by atoms with E-state index in [2.05, 4.69) is 418 Å². The van der Waals surface area contributed by atoms with Crippen LogP contribution in [-0.4, -0.2) is 25.0 Å². The average Bonchev–Trinajstić information content (AvgIpc) is 1.62. The maximum Gasteiger partial charge on any atom is 0.252 e. The smallest absolute Gasteiger partial charge is 0.252 e. The monoisotopic (exact) mass is 1400 g/mol. The third-order valence-electron chi connectivity index (χ3n) is 23.8. The van der Waals surface area contributed by atoms with E-state index in [0.29, 0.717) is 0 Å². The summed E-state index contributed by atoms with van der Waals surface area (Å²) in [4.78, 5) is 5.37. The molecule has 0 radical (unpaired) electrons. The van der Waals surface area contributed by atoms with Gasteiger partial charge < -0.3 is 28.1 Å². The van der Waals surface area contributed by atoms with Crippen LogP contribution in [-0.2, 0) is 16.2 Å². The number of hydrogen-bond acceptors (Lipinski definition) is 2. The lowest BCUT2D eigenvalue weighted by Gasteiger charge is -2.46. The van der Waals surface area contributed by atoms with Crippen molar-refractivity contribution in [1.29, 1.82) is 0 Å². The average molecular weight is 1400 g/mol. The molecule has 0 aliphatic carbocycles. The molecule has 0 N–H and O–H groups in total. The minimum atomic E-state index is -0.296. The van der Waals surface area contributed by atoms with E-state index in [4.69, 9.17) is 0 Å². The van der Waals surface area contributed by atoms with Crippen LogP contribution in [0.3, 0.4) is 0 Å². The van der Waals surface area contributed by atoms with Gasteiger partial charge in [0.2, 0.25) is 0 Å². The molecule has 0 bridgehead atoms. The summed E-state index contributed by atoms with van der Waals surface area (Å²) in [5.41, 5.74) is 32.5. The van der Waals surface area contributed by atoms with Crippen LogP contribution in [0.5, 0.6) is 0 Å². The predicted molar refractivity (Wildman–Crippen MR) is 465 cm³/mol. The number of para-hydroxylation sites is 6.